The summed E-state index contributed by atoms with van der Waals surface area (Å²) in [4.78, 5) is 11.2. The molecule has 1 saturated heterocycles. The molecule has 1 N–H and O–H groups in total. The van der Waals surface area contributed by atoms with Gasteiger partial charge < -0.3 is 9.84 Å². The molecule has 200 valence electrons. The quantitative estimate of drug-likeness (QED) is 0.297. The van der Waals surface area contributed by atoms with E-state index in [1.807, 2.05) is 73.7 Å². The zero-order valence-electron chi connectivity index (χ0n) is 22.0. The fraction of sp³-hybridized carbons (Fsp3) is 0.300. The van der Waals surface area contributed by atoms with Crippen molar-refractivity contribution >= 4 is 21.6 Å². The van der Waals surface area contributed by atoms with Crippen molar-refractivity contribution in [2.24, 2.45) is 0 Å². The van der Waals surface area contributed by atoms with Gasteiger partial charge in [-0.25, -0.2) is 4.98 Å². The summed E-state index contributed by atoms with van der Waals surface area (Å²) in [5, 5.41) is 21.0. The maximum Gasteiger partial charge on any atom is 0.124 e. The number of aryl methyl sites for hydroxylation is 1. The molecule has 2 aromatic heterocycles. The number of aromatic nitrogens is 4. The molecule has 0 spiro atoms. The Morgan fingerprint density at radius 2 is 1.62 bits per heavy atom. The molecule has 1 aliphatic rings. The summed E-state index contributed by atoms with van der Waals surface area (Å²) in [6.45, 7) is 7.29. The van der Waals surface area contributed by atoms with Crippen molar-refractivity contribution in [3.8, 4) is 22.0 Å². The van der Waals surface area contributed by atoms with E-state index in [-0.39, 0.29) is 6.61 Å². The summed E-state index contributed by atoms with van der Waals surface area (Å²) in [6.07, 6.45) is -0.560. The highest BCUT2D eigenvalue weighted by Gasteiger charge is 2.21. The molecule has 6 rings (SSSR count). The van der Waals surface area contributed by atoms with Gasteiger partial charge >= 0.3 is 0 Å². The van der Waals surface area contributed by atoms with Crippen LogP contribution >= 0.6 is 11.3 Å². The van der Waals surface area contributed by atoms with Gasteiger partial charge in [-0.3, -0.25) is 9.80 Å². The van der Waals surface area contributed by atoms with E-state index in [1.165, 1.54) is 0 Å². The Morgan fingerprint density at radius 3 is 2.38 bits per heavy atom. The second kappa shape index (κ2) is 11.6. The fourth-order valence-electron chi connectivity index (χ4n) is 4.82. The highest BCUT2D eigenvalue weighted by molar-refractivity contribution is 7.21. The summed E-state index contributed by atoms with van der Waals surface area (Å²) in [7, 11) is 0. The van der Waals surface area contributed by atoms with Gasteiger partial charge in [0.1, 0.15) is 29.2 Å². The van der Waals surface area contributed by atoms with Crippen LogP contribution < -0.4 is 4.74 Å². The molecule has 0 aliphatic carbocycles. The Balaban J connectivity index is 0.971. The smallest absolute Gasteiger partial charge is 0.124 e. The van der Waals surface area contributed by atoms with Crippen LogP contribution in [0.25, 0.3) is 26.5 Å². The standard InChI is InChI=1S/C30H32N6O2S/c1-22-28(33-36(32-22)24-10-6-3-7-11-24)20-35-16-14-34(15-17-35)19-25(37)21-38-26-12-13-29-27(18-26)31-30(39-29)23-8-4-2-5-9-23/h2-13,18,25,37H,14-17,19-21H2,1H3/t25-/m1/s1. The minimum atomic E-state index is -0.560. The molecule has 3 aromatic carbocycles. The van der Waals surface area contributed by atoms with E-state index in [4.69, 9.17) is 14.8 Å². The molecule has 3 heterocycles. The van der Waals surface area contributed by atoms with Gasteiger partial charge in [-0.15, -0.1) is 11.3 Å². The number of benzene rings is 3. The lowest BCUT2D eigenvalue weighted by molar-refractivity contribution is 0.0444. The lowest BCUT2D eigenvalue weighted by Gasteiger charge is -2.35. The van der Waals surface area contributed by atoms with Crippen molar-refractivity contribution in [1.82, 2.24) is 29.8 Å². The third kappa shape index (κ3) is 6.17. The van der Waals surface area contributed by atoms with Crippen LogP contribution in [-0.2, 0) is 6.54 Å². The molecule has 1 atom stereocenters. The van der Waals surface area contributed by atoms with Crippen LogP contribution in [0.2, 0.25) is 0 Å². The van der Waals surface area contributed by atoms with E-state index in [1.54, 1.807) is 16.1 Å². The number of thiazole rings is 1. The van der Waals surface area contributed by atoms with Crippen LogP contribution in [0.1, 0.15) is 11.4 Å². The number of rotatable bonds is 9. The lowest BCUT2D eigenvalue weighted by Crippen LogP contribution is -2.48. The molecule has 0 bridgehead atoms. The molecule has 5 aromatic rings. The molecule has 8 nitrogen and oxygen atoms in total. The van der Waals surface area contributed by atoms with Crippen molar-refractivity contribution in [2.75, 3.05) is 39.3 Å². The van der Waals surface area contributed by atoms with Gasteiger partial charge in [-0.1, -0.05) is 48.5 Å². The Labute approximate surface area is 232 Å². The van der Waals surface area contributed by atoms with Crippen LogP contribution in [0.15, 0.2) is 78.9 Å². The van der Waals surface area contributed by atoms with Crippen molar-refractivity contribution < 1.29 is 9.84 Å². The van der Waals surface area contributed by atoms with E-state index in [2.05, 4.69) is 27.0 Å². The summed E-state index contributed by atoms with van der Waals surface area (Å²) >= 11 is 1.67. The molecule has 9 heteroatoms. The molecular weight excluding hydrogens is 508 g/mol. The minimum Gasteiger partial charge on any atom is -0.491 e. The SMILES string of the molecule is Cc1nn(-c2ccccc2)nc1CN1CCN(C[C@@H](O)COc2ccc3sc(-c4ccccc4)nc3c2)CC1. The van der Waals surface area contributed by atoms with Gasteiger partial charge in [0.05, 0.1) is 21.6 Å². The number of hydrogen-bond acceptors (Lipinski definition) is 8. The van der Waals surface area contributed by atoms with E-state index >= 15 is 0 Å². The molecule has 0 radical (unpaired) electrons. The summed E-state index contributed by atoms with van der Waals surface area (Å²) < 4.78 is 7.07. The van der Waals surface area contributed by atoms with E-state index in [0.717, 1.165) is 76.3 Å². The van der Waals surface area contributed by atoms with Crippen molar-refractivity contribution in [3.63, 3.8) is 0 Å². The predicted molar refractivity (Wildman–Crippen MR) is 154 cm³/mol. The number of ether oxygens (including phenoxy) is 1. The zero-order valence-corrected chi connectivity index (χ0v) is 22.8. The predicted octanol–water partition coefficient (Wildman–Crippen LogP) is 4.41. The second-order valence-electron chi connectivity index (χ2n) is 9.91. The number of aliphatic hydroxyl groups is 1. The Bertz CT molecular complexity index is 1510. The first-order valence-electron chi connectivity index (χ1n) is 13.3. The monoisotopic (exact) mass is 540 g/mol. The molecule has 39 heavy (non-hydrogen) atoms. The number of β-amino-alcohol motifs (C(OH)–C–C–N with tert-alkyl or cyclic N) is 1. The lowest BCUT2D eigenvalue weighted by atomic mass is 10.2. The zero-order chi connectivity index (χ0) is 26.6. The Hall–Kier alpha value is -3.63. The molecule has 0 saturated carbocycles. The van der Waals surface area contributed by atoms with Gasteiger partial charge in [0.25, 0.3) is 0 Å². The number of aliphatic hydroxyl groups excluding tert-OH is 1. The average molecular weight is 541 g/mol. The third-order valence-corrected chi connectivity index (χ3v) is 8.08. The van der Waals surface area contributed by atoms with Crippen molar-refractivity contribution in [1.29, 1.82) is 0 Å². The number of hydrogen-bond donors (Lipinski definition) is 1. The number of piperazine rings is 1. The van der Waals surface area contributed by atoms with E-state index in [9.17, 15) is 5.11 Å². The first-order valence-corrected chi connectivity index (χ1v) is 14.1. The summed E-state index contributed by atoms with van der Waals surface area (Å²) in [5.41, 5.74) is 4.97. The number of nitrogens with zero attached hydrogens (tertiary/aromatic N) is 6. The maximum atomic E-state index is 10.7. The first kappa shape index (κ1) is 25.6. The molecule has 0 amide bonds. The number of para-hydroxylation sites is 1. The largest absolute Gasteiger partial charge is 0.491 e. The molecule has 0 unspecified atom stereocenters. The molecule has 1 aliphatic heterocycles. The van der Waals surface area contributed by atoms with Gasteiger partial charge in [0.15, 0.2) is 0 Å². The van der Waals surface area contributed by atoms with Crippen molar-refractivity contribution in [2.45, 2.75) is 19.6 Å². The van der Waals surface area contributed by atoms with E-state index in [0.29, 0.717) is 6.54 Å². The van der Waals surface area contributed by atoms with Gasteiger partial charge in [-0.2, -0.15) is 15.0 Å². The van der Waals surface area contributed by atoms with Gasteiger partial charge in [-0.05, 0) is 31.2 Å². The van der Waals surface area contributed by atoms with Crippen molar-refractivity contribution in [3.05, 3.63) is 90.3 Å². The second-order valence-corrected chi connectivity index (χ2v) is 10.9. The summed E-state index contributed by atoms with van der Waals surface area (Å²) in [6, 6.07) is 26.2. The maximum absolute atomic E-state index is 10.7. The molecule has 1 fully saturated rings. The first-order chi connectivity index (χ1) is 19.1. The summed E-state index contributed by atoms with van der Waals surface area (Å²) in [5.74, 6) is 0.732. The van der Waals surface area contributed by atoms with Crippen LogP contribution in [0, 0.1) is 6.92 Å². The highest BCUT2D eigenvalue weighted by Crippen LogP contribution is 2.32. The fourth-order valence-corrected chi connectivity index (χ4v) is 5.77. The Kier molecular flexibility index (Phi) is 7.64. The number of fused-ring (bicyclic) bond motifs is 1. The van der Waals surface area contributed by atoms with Gasteiger partial charge in [0.2, 0.25) is 0 Å². The van der Waals surface area contributed by atoms with Crippen LogP contribution in [0.3, 0.4) is 0 Å². The third-order valence-electron chi connectivity index (χ3n) is 6.99. The van der Waals surface area contributed by atoms with E-state index < -0.39 is 6.10 Å². The highest BCUT2D eigenvalue weighted by atomic mass is 32.1. The van der Waals surface area contributed by atoms with Crippen LogP contribution in [-0.4, -0.2) is 80.3 Å². The topological polar surface area (TPSA) is 79.5 Å². The Morgan fingerprint density at radius 1 is 0.897 bits per heavy atom. The normalized spacial score (nSPS) is 15.5. The average Bonchev–Trinajstić information content (AvgIpc) is 3.57. The van der Waals surface area contributed by atoms with Crippen LogP contribution in [0.5, 0.6) is 5.75 Å². The minimum absolute atomic E-state index is 0.253. The van der Waals surface area contributed by atoms with Crippen LogP contribution in [0.4, 0.5) is 0 Å². The van der Waals surface area contributed by atoms with Gasteiger partial charge in [0, 0.05) is 50.9 Å². The molecular formula is C30H32N6O2S.